The van der Waals surface area contributed by atoms with Crippen LogP contribution in [0.3, 0.4) is 0 Å². The van der Waals surface area contributed by atoms with Crippen LogP contribution in [0.1, 0.15) is 22.4 Å². The van der Waals surface area contributed by atoms with E-state index in [1.165, 1.54) is 6.08 Å². The molecule has 7 heteroatoms. The standard InChI is InChI=1S/C18H17ClN2O4/c1-10-5-11(2)21-18(23)13(10)8-20-16(22)4-3-12-6-14(19)17-15(7-12)24-9-25-17/h3-7H,8-9H2,1-2H3,(H,20,22)(H,21,23)/b4-3+. The summed E-state index contributed by atoms with van der Waals surface area (Å²) >= 11 is 6.10. The van der Waals surface area contributed by atoms with Gasteiger partial charge < -0.3 is 19.8 Å². The number of nitrogens with one attached hydrogen (secondary N) is 2. The molecule has 1 aromatic heterocycles. The number of halogens is 1. The number of benzene rings is 1. The fourth-order valence-electron chi connectivity index (χ4n) is 2.59. The van der Waals surface area contributed by atoms with Gasteiger partial charge in [0, 0.05) is 23.9 Å². The van der Waals surface area contributed by atoms with Crippen LogP contribution in [0.4, 0.5) is 0 Å². The third kappa shape index (κ3) is 3.85. The van der Waals surface area contributed by atoms with E-state index in [0.29, 0.717) is 27.6 Å². The highest BCUT2D eigenvalue weighted by Crippen LogP contribution is 2.40. The lowest BCUT2D eigenvalue weighted by atomic mass is 10.1. The Morgan fingerprint density at radius 1 is 1.32 bits per heavy atom. The molecule has 0 radical (unpaired) electrons. The molecular weight excluding hydrogens is 344 g/mol. The third-order valence-corrected chi connectivity index (χ3v) is 4.09. The number of hydrogen-bond donors (Lipinski definition) is 2. The molecule has 2 aromatic rings. The zero-order chi connectivity index (χ0) is 18.0. The zero-order valence-electron chi connectivity index (χ0n) is 13.8. The van der Waals surface area contributed by atoms with E-state index in [9.17, 15) is 9.59 Å². The van der Waals surface area contributed by atoms with Crippen LogP contribution in [0, 0.1) is 13.8 Å². The molecule has 3 rings (SSSR count). The van der Waals surface area contributed by atoms with E-state index in [1.807, 2.05) is 19.9 Å². The van der Waals surface area contributed by atoms with Crippen LogP contribution in [-0.2, 0) is 11.3 Å². The van der Waals surface area contributed by atoms with Crippen LogP contribution >= 0.6 is 11.6 Å². The lowest BCUT2D eigenvalue weighted by Crippen LogP contribution is -2.26. The number of rotatable bonds is 4. The second kappa shape index (κ2) is 7.03. The summed E-state index contributed by atoms with van der Waals surface area (Å²) in [5.74, 6) is 0.750. The third-order valence-electron chi connectivity index (χ3n) is 3.81. The van der Waals surface area contributed by atoms with Crippen LogP contribution in [0.5, 0.6) is 11.5 Å². The number of carbonyl (C=O) groups excluding carboxylic acids is 1. The van der Waals surface area contributed by atoms with E-state index in [4.69, 9.17) is 21.1 Å². The average molecular weight is 361 g/mol. The first-order chi connectivity index (χ1) is 11.9. The van der Waals surface area contributed by atoms with E-state index in [1.54, 1.807) is 18.2 Å². The van der Waals surface area contributed by atoms with Crippen molar-refractivity contribution in [1.29, 1.82) is 0 Å². The number of fused-ring (bicyclic) bond motifs is 1. The second-order valence-electron chi connectivity index (χ2n) is 5.73. The molecule has 1 amide bonds. The van der Waals surface area contributed by atoms with Gasteiger partial charge in [-0.3, -0.25) is 9.59 Å². The van der Waals surface area contributed by atoms with Gasteiger partial charge in [-0.2, -0.15) is 0 Å². The summed E-state index contributed by atoms with van der Waals surface area (Å²) in [7, 11) is 0. The number of ether oxygens (including phenoxy) is 2. The molecule has 1 aliphatic rings. The Morgan fingerprint density at radius 2 is 2.12 bits per heavy atom. The molecular formula is C18H17ClN2O4. The van der Waals surface area contributed by atoms with Crippen molar-refractivity contribution in [3.63, 3.8) is 0 Å². The smallest absolute Gasteiger partial charge is 0.253 e. The van der Waals surface area contributed by atoms with Crippen LogP contribution < -0.4 is 20.3 Å². The summed E-state index contributed by atoms with van der Waals surface area (Å²) in [6.07, 6.45) is 3.00. The Balaban J connectivity index is 1.66. The molecule has 0 spiro atoms. The molecule has 6 nitrogen and oxygen atoms in total. The quantitative estimate of drug-likeness (QED) is 0.821. The van der Waals surface area contributed by atoms with Gasteiger partial charge in [0.2, 0.25) is 12.7 Å². The van der Waals surface area contributed by atoms with Crippen molar-refractivity contribution in [2.24, 2.45) is 0 Å². The van der Waals surface area contributed by atoms with Gasteiger partial charge in [-0.05, 0) is 49.2 Å². The number of amides is 1. The van der Waals surface area contributed by atoms with Crippen molar-refractivity contribution in [3.05, 3.63) is 62.0 Å². The second-order valence-corrected chi connectivity index (χ2v) is 6.14. The molecule has 2 N–H and O–H groups in total. The summed E-state index contributed by atoms with van der Waals surface area (Å²) in [5.41, 5.74) is 2.70. The predicted octanol–water partition coefficient (Wildman–Crippen LogP) is 2.70. The topological polar surface area (TPSA) is 80.4 Å². The number of carbonyl (C=O) groups is 1. The normalized spacial score (nSPS) is 12.6. The van der Waals surface area contributed by atoms with Crippen molar-refractivity contribution >= 4 is 23.6 Å². The fourth-order valence-corrected chi connectivity index (χ4v) is 2.86. The van der Waals surface area contributed by atoms with E-state index >= 15 is 0 Å². The summed E-state index contributed by atoms with van der Waals surface area (Å²) in [6.45, 7) is 3.95. The summed E-state index contributed by atoms with van der Waals surface area (Å²) in [6, 6.07) is 5.30. The number of aromatic amines is 1. The van der Waals surface area contributed by atoms with Crippen molar-refractivity contribution < 1.29 is 14.3 Å². The van der Waals surface area contributed by atoms with Gasteiger partial charge in [0.05, 0.1) is 5.02 Å². The number of aryl methyl sites for hydroxylation is 2. The lowest BCUT2D eigenvalue weighted by molar-refractivity contribution is -0.116. The molecule has 2 heterocycles. The lowest BCUT2D eigenvalue weighted by Gasteiger charge is -2.06. The first-order valence-corrected chi connectivity index (χ1v) is 8.06. The van der Waals surface area contributed by atoms with Gasteiger partial charge >= 0.3 is 0 Å². The Bertz CT molecular complexity index is 918. The number of hydrogen-bond acceptors (Lipinski definition) is 4. The Hall–Kier alpha value is -2.73. The first kappa shape index (κ1) is 17.1. The highest BCUT2D eigenvalue weighted by molar-refractivity contribution is 6.32. The molecule has 0 unspecified atom stereocenters. The van der Waals surface area contributed by atoms with Crippen molar-refractivity contribution in [2.45, 2.75) is 20.4 Å². The van der Waals surface area contributed by atoms with E-state index < -0.39 is 0 Å². The molecule has 1 aliphatic heterocycles. The van der Waals surface area contributed by atoms with E-state index in [0.717, 1.165) is 11.3 Å². The molecule has 25 heavy (non-hydrogen) atoms. The highest BCUT2D eigenvalue weighted by Gasteiger charge is 2.17. The number of H-pyrrole nitrogens is 1. The molecule has 0 bridgehead atoms. The number of pyridine rings is 1. The molecule has 0 atom stereocenters. The van der Waals surface area contributed by atoms with Crippen molar-refractivity contribution in [1.82, 2.24) is 10.3 Å². The molecule has 0 fully saturated rings. The Kier molecular flexibility index (Phi) is 4.81. The SMILES string of the molecule is Cc1cc(C)c(CNC(=O)/C=C/c2cc(Cl)c3c(c2)OCO3)c(=O)[nH]1. The first-order valence-electron chi connectivity index (χ1n) is 7.68. The van der Waals surface area contributed by atoms with Gasteiger partial charge in [0.15, 0.2) is 11.5 Å². The monoisotopic (exact) mass is 360 g/mol. The minimum Gasteiger partial charge on any atom is -0.454 e. The zero-order valence-corrected chi connectivity index (χ0v) is 14.6. The summed E-state index contributed by atoms with van der Waals surface area (Å²) in [5, 5.41) is 3.13. The van der Waals surface area contributed by atoms with Gasteiger partial charge in [0.25, 0.3) is 5.56 Å². The number of aromatic nitrogens is 1. The van der Waals surface area contributed by atoms with Crippen LogP contribution in [-0.4, -0.2) is 17.7 Å². The Labute approximate surface area is 149 Å². The largest absolute Gasteiger partial charge is 0.454 e. The highest BCUT2D eigenvalue weighted by atomic mass is 35.5. The van der Waals surface area contributed by atoms with Gasteiger partial charge in [-0.1, -0.05) is 11.6 Å². The van der Waals surface area contributed by atoms with Gasteiger partial charge in [-0.25, -0.2) is 0 Å². The molecule has 0 saturated carbocycles. The van der Waals surface area contributed by atoms with Crippen molar-refractivity contribution in [3.8, 4) is 11.5 Å². The van der Waals surface area contributed by atoms with Crippen LogP contribution in [0.15, 0.2) is 29.1 Å². The van der Waals surface area contributed by atoms with E-state index in [2.05, 4.69) is 10.3 Å². The molecule has 1 aromatic carbocycles. The Morgan fingerprint density at radius 3 is 2.88 bits per heavy atom. The van der Waals surface area contributed by atoms with Crippen LogP contribution in [0.25, 0.3) is 6.08 Å². The maximum Gasteiger partial charge on any atom is 0.253 e. The maximum absolute atomic E-state index is 12.0. The van der Waals surface area contributed by atoms with Crippen LogP contribution in [0.2, 0.25) is 5.02 Å². The minimum atomic E-state index is -0.312. The average Bonchev–Trinajstić information content (AvgIpc) is 3.01. The van der Waals surface area contributed by atoms with E-state index in [-0.39, 0.29) is 24.8 Å². The predicted molar refractivity (Wildman–Crippen MR) is 95.0 cm³/mol. The summed E-state index contributed by atoms with van der Waals surface area (Å²) in [4.78, 5) is 26.7. The van der Waals surface area contributed by atoms with Gasteiger partial charge in [0.1, 0.15) is 0 Å². The summed E-state index contributed by atoms with van der Waals surface area (Å²) < 4.78 is 10.5. The van der Waals surface area contributed by atoms with Gasteiger partial charge in [-0.15, -0.1) is 0 Å². The minimum absolute atomic E-state index is 0.132. The van der Waals surface area contributed by atoms with Crippen molar-refractivity contribution in [2.75, 3.05) is 6.79 Å². The molecule has 0 saturated heterocycles. The fraction of sp³-hybridized carbons (Fsp3) is 0.222. The molecule has 130 valence electrons. The molecule has 0 aliphatic carbocycles. The maximum atomic E-state index is 12.0.